The summed E-state index contributed by atoms with van der Waals surface area (Å²) in [6.07, 6.45) is 1.42. The van der Waals surface area contributed by atoms with Crippen LogP contribution in [0.2, 0.25) is 10.0 Å². The van der Waals surface area contributed by atoms with E-state index in [1.54, 1.807) is 24.3 Å². The number of nitrogens with one attached hydrogen (secondary N) is 3. The molecule has 2 rings (SSSR count). The smallest absolute Gasteiger partial charge is 0.329 e. The van der Waals surface area contributed by atoms with E-state index in [1.165, 1.54) is 13.3 Å². The van der Waals surface area contributed by atoms with E-state index in [1.807, 2.05) is 12.1 Å². The number of benzene rings is 2. The summed E-state index contributed by atoms with van der Waals surface area (Å²) in [6, 6.07) is 10.5. The Morgan fingerprint density at radius 2 is 1.76 bits per heavy atom. The summed E-state index contributed by atoms with van der Waals surface area (Å²) in [4.78, 5) is 22.5. The fourth-order valence-electron chi connectivity index (χ4n) is 1.86. The Hall–Kier alpha value is -2.09. The van der Waals surface area contributed by atoms with Crippen LogP contribution in [0.1, 0.15) is 5.56 Å². The summed E-state index contributed by atoms with van der Waals surface area (Å²) in [5.41, 5.74) is 4.22. The van der Waals surface area contributed by atoms with Gasteiger partial charge in [-0.2, -0.15) is 5.10 Å². The number of likely N-dealkylation sites (N-methyl/N-ethyl adjacent to an activating group) is 1. The van der Waals surface area contributed by atoms with Gasteiger partial charge in [0.2, 0.25) is 0 Å². The molecule has 0 spiro atoms. The van der Waals surface area contributed by atoms with Gasteiger partial charge in [0.1, 0.15) is 0 Å². The molecule has 0 atom stereocenters. The summed E-state index contributed by atoms with van der Waals surface area (Å²) < 4.78 is 0.821. The third-order valence-corrected chi connectivity index (χ3v) is 3.89. The number of hydrogen-bond donors (Lipinski definition) is 3. The van der Waals surface area contributed by atoms with Crippen LogP contribution in [0.15, 0.2) is 46.0 Å². The first-order valence-electron chi connectivity index (χ1n) is 6.97. The largest absolute Gasteiger partial charge is 0.355 e. The molecule has 130 valence electrons. The summed E-state index contributed by atoms with van der Waals surface area (Å²) in [5, 5.41) is 10.2. The Balaban J connectivity index is 2.22. The van der Waals surface area contributed by atoms with Crippen molar-refractivity contribution < 1.29 is 9.59 Å². The van der Waals surface area contributed by atoms with Gasteiger partial charge in [0, 0.05) is 38.5 Å². The Labute approximate surface area is 162 Å². The second-order valence-electron chi connectivity index (χ2n) is 4.79. The van der Waals surface area contributed by atoms with E-state index in [0.717, 1.165) is 4.47 Å². The minimum Gasteiger partial charge on any atom is -0.355 e. The molecule has 3 N–H and O–H groups in total. The van der Waals surface area contributed by atoms with Crippen molar-refractivity contribution in [3.8, 4) is 0 Å². The standard InChI is InChI=1S/C16H13BrCl2N4O2/c1-20-15(24)16(25)23-21-8-9-4-10(17)2-3-14(9)22-13-6-11(18)5-12(19)7-13/h2-8,22H,1H3,(H,20,24)(H,23,25)/b21-8-. The molecular weight excluding hydrogens is 431 g/mol. The van der Waals surface area contributed by atoms with Crippen LogP contribution in [0.4, 0.5) is 11.4 Å². The topological polar surface area (TPSA) is 82.6 Å². The summed E-state index contributed by atoms with van der Waals surface area (Å²) in [6.45, 7) is 0. The zero-order chi connectivity index (χ0) is 18.4. The van der Waals surface area contributed by atoms with Gasteiger partial charge < -0.3 is 10.6 Å². The van der Waals surface area contributed by atoms with Gasteiger partial charge >= 0.3 is 11.8 Å². The molecule has 0 saturated carbocycles. The molecule has 0 aliphatic rings. The van der Waals surface area contributed by atoms with Crippen LogP contribution < -0.4 is 16.1 Å². The van der Waals surface area contributed by atoms with Gasteiger partial charge in [-0.1, -0.05) is 39.1 Å². The molecule has 0 aromatic heterocycles. The zero-order valence-corrected chi connectivity index (χ0v) is 16.0. The monoisotopic (exact) mass is 442 g/mol. The molecule has 2 aromatic carbocycles. The molecule has 6 nitrogen and oxygen atoms in total. The van der Waals surface area contributed by atoms with Gasteiger partial charge in [-0.25, -0.2) is 5.43 Å². The van der Waals surface area contributed by atoms with Crippen molar-refractivity contribution in [1.29, 1.82) is 0 Å². The van der Waals surface area contributed by atoms with Crippen LogP contribution in [-0.4, -0.2) is 25.1 Å². The molecule has 0 radical (unpaired) electrons. The van der Waals surface area contributed by atoms with Crippen LogP contribution >= 0.6 is 39.1 Å². The average molecular weight is 444 g/mol. The molecule has 0 unspecified atom stereocenters. The highest BCUT2D eigenvalue weighted by atomic mass is 79.9. The first kappa shape index (κ1) is 19.2. The van der Waals surface area contributed by atoms with Gasteiger partial charge in [0.05, 0.1) is 6.21 Å². The molecule has 0 bridgehead atoms. The molecule has 2 amide bonds. The van der Waals surface area contributed by atoms with Crippen molar-refractivity contribution >= 4 is 68.5 Å². The number of hydrazone groups is 1. The molecule has 0 aliphatic carbocycles. The number of rotatable bonds is 4. The second-order valence-corrected chi connectivity index (χ2v) is 6.58. The van der Waals surface area contributed by atoms with Crippen molar-refractivity contribution in [2.24, 2.45) is 5.10 Å². The number of hydrogen-bond acceptors (Lipinski definition) is 4. The Bertz CT molecular complexity index is 823. The lowest BCUT2D eigenvalue weighted by Gasteiger charge is -2.11. The van der Waals surface area contributed by atoms with E-state index in [0.29, 0.717) is 27.0 Å². The van der Waals surface area contributed by atoms with Gasteiger partial charge in [0.25, 0.3) is 0 Å². The molecule has 2 aromatic rings. The average Bonchev–Trinajstić information content (AvgIpc) is 2.55. The first-order chi connectivity index (χ1) is 11.9. The maximum Gasteiger partial charge on any atom is 0.329 e. The second kappa shape index (κ2) is 8.84. The third kappa shape index (κ3) is 5.74. The van der Waals surface area contributed by atoms with Gasteiger partial charge in [-0.15, -0.1) is 0 Å². The van der Waals surface area contributed by atoms with Crippen molar-refractivity contribution in [3.63, 3.8) is 0 Å². The summed E-state index contributed by atoms with van der Waals surface area (Å²) >= 11 is 15.4. The zero-order valence-electron chi connectivity index (χ0n) is 12.9. The highest BCUT2D eigenvalue weighted by molar-refractivity contribution is 9.10. The number of nitrogens with zero attached hydrogens (tertiary/aromatic N) is 1. The molecular formula is C16H13BrCl2N4O2. The van der Waals surface area contributed by atoms with Crippen molar-refractivity contribution in [2.45, 2.75) is 0 Å². The number of amides is 2. The van der Waals surface area contributed by atoms with Gasteiger partial charge in [-0.3, -0.25) is 9.59 Å². The maximum absolute atomic E-state index is 11.4. The summed E-state index contributed by atoms with van der Waals surface area (Å²) in [7, 11) is 1.36. The van der Waals surface area contributed by atoms with Gasteiger partial charge in [-0.05, 0) is 36.4 Å². The quantitative estimate of drug-likeness (QED) is 0.382. The lowest BCUT2D eigenvalue weighted by molar-refractivity contribution is -0.138. The molecule has 0 fully saturated rings. The van der Waals surface area contributed by atoms with E-state index in [4.69, 9.17) is 23.2 Å². The fraction of sp³-hybridized carbons (Fsp3) is 0.0625. The van der Waals surface area contributed by atoms with Crippen LogP contribution in [0, 0.1) is 0 Å². The first-order valence-corrected chi connectivity index (χ1v) is 8.51. The highest BCUT2D eigenvalue weighted by Gasteiger charge is 2.09. The van der Waals surface area contributed by atoms with Crippen molar-refractivity contribution in [3.05, 3.63) is 56.5 Å². The van der Waals surface area contributed by atoms with Crippen LogP contribution in [-0.2, 0) is 9.59 Å². The highest BCUT2D eigenvalue weighted by Crippen LogP contribution is 2.27. The van der Waals surface area contributed by atoms with Gasteiger partial charge in [0.15, 0.2) is 0 Å². The molecule has 0 heterocycles. The van der Waals surface area contributed by atoms with E-state index < -0.39 is 11.8 Å². The Morgan fingerprint density at radius 1 is 1.08 bits per heavy atom. The van der Waals surface area contributed by atoms with E-state index in [2.05, 4.69) is 37.1 Å². The molecule has 9 heteroatoms. The van der Waals surface area contributed by atoms with Crippen LogP contribution in [0.5, 0.6) is 0 Å². The van der Waals surface area contributed by atoms with Crippen LogP contribution in [0.25, 0.3) is 0 Å². The molecule has 0 saturated heterocycles. The number of carbonyl (C=O) groups excluding carboxylic acids is 2. The van der Waals surface area contributed by atoms with E-state index >= 15 is 0 Å². The predicted molar refractivity (Wildman–Crippen MR) is 104 cm³/mol. The minimum atomic E-state index is -0.857. The predicted octanol–water partition coefficient (Wildman–Crippen LogP) is 3.70. The van der Waals surface area contributed by atoms with Crippen molar-refractivity contribution in [1.82, 2.24) is 10.7 Å². The number of anilines is 2. The number of carbonyl (C=O) groups is 2. The third-order valence-electron chi connectivity index (χ3n) is 2.96. The number of halogens is 3. The fourth-order valence-corrected chi connectivity index (χ4v) is 2.77. The van der Waals surface area contributed by atoms with E-state index in [9.17, 15) is 9.59 Å². The molecule has 25 heavy (non-hydrogen) atoms. The minimum absolute atomic E-state index is 0.500. The SMILES string of the molecule is CNC(=O)C(=O)N/N=C\c1cc(Br)ccc1Nc1cc(Cl)cc(Cl)c1. The Kier molecular flexibility index (Phi) is 6.81. The van der Waals surface area contributed by atoms with Crippen molar-refractivity contribution in [2.75, 3.05) is 12.4 Å². The Morgan fingerprint density at radius 3 is 2.40 bits per heavy atom. The normalized spacial score (nSPS) is 10.6. The summed E-state index contributed by atoms with van der Waals surface area (Å²) in [5.74, 6) is -1.64. The molecule has 0 aliphatic heterocycles. The maximum atomic E-state index is 11.4. The lowest BCUT2D eigenvalue weighted by atomic mass is 10.2. The lowest BCUT2D eigenvalue weighted by Crippen LogP contribution is -2.35. The van der Waals surface area contributed by atoms with Crippen LogP contribution in [0.3, 0.4) is 0 Å². The van der Waals surface area contributed by atoms with E-state index in [-0.39, 0.29) is 0 Å².